The average Bonchev–Trinajstić information content (AvgIpc) is 3.92. The van der Waals surface area contributed by atoms with Crippen molar-refractivity contribution in [1.82, 2.24) is 19.2 Å². The van der Waals surface area contributed by atoms with Gasteiger partial charge >= 0.3 is 0 Å². The van der Waals surface area contributed by atoms with E-state index in [9.17, 15) is 0 Å². The van der Waals surface area contributed by atoms with Crippen LogP contribution < -0.4 is 0 Å². The second-order valence-electron chi connectivity index (χ2n) is 15.5. The van der Waals surface area contributed by atoms with Crippen LogP contribution in [0.1, 0.15) is 0 Å². The molecule has 3 aromatic heterocycles. The third-order valence-electron chi connectivity index (χ3n) is 12.0. The summed E-state index contributed by atoms with van der Waals surface area (Å²) in [6, 6.07) is 78.6. The molecule has 0 N–H and O–H groups in total. The lowest BCUT2D eigenvalue weighted by Gasteiger charge is -2.11. The van der Waals surface area contributed by atoms with Crippen LogP contribution in [-0.2, 0) is 0 Å². The molecular formula is C56H36N4. The smallest absolute Gasteiger partial charge is 0.169 e. The molecule has 4 heteroatoms. The summed E-state index contributed by atoms with van der Waals surface area (Å²) < 4.78 is 4.60. The Morgan fingerprint density at radius 2 is 0.717 bits per heavy atom. The highest BCUT2D eigenvalue weighted by Crippen LogP contribution is 2.39. The topological polar surface area (TPSA) is 35.1 Å². The molecule has 280 valence electrons. The SMILES string of the molecule is c1ccc(-c2cccc(-c3ccc4c(c3)c3cc(-c5cccc(-c6ccccc6)c5)ccc3n4-c3ccc(-c4nnc5c6ccccc6c6ccccc6n45)cc3)c2)cc1. The first-order valence-electron chi connectivity index (χ1n) is 20.4. The molecule has 0 spiro atoms. The van der Waals surface area contributed by atoms with Gasteiger partial charge in [0.2, 0.25) is 0 Å². The van der Waals surface area contributed by atoms with Gasteiger partial charge in [0.1, 0.15) is 0 Å². The predicted molar refractivity (Wildman–Crippen MR) is 250 cm³/mol. The van der Waals surface area contributed by atoms with Crippen molar-refractivity contribution in [2.45, 2.75) is 0 Å². The second-order valence-corrected chi connectivity index (χ2v) is 15.5. The number of para-hydroxylation sites is 1. The van der Waals surface area contributed by atoms with Gasteiger partial charge in [-0.2, -0.15) is 0 Å². The predicted octanol–water partition coefficient (Wildman–Crippen LogP) is 14.5. The molecule has 12 aromatic rings. The molecule has 0 saturated carbocycles. The first kappa shape index (κ1) is 34.0. The van der Waals surface area contributed by atoms with Gasteiger partial charge in [-0.3, -0.25) is 4.40 Å². The van der Waals surface area contributed by atoms with Gasteiger partial charge in [0.25, 0.3) is 0 Å². The zero-order valence-corrected chi connectivity index (χ0v) is 32.6. The fraction of sp³-hybridized carbons (Fsp3) is 0. The van der Waals surface area contributed by atoms with Crippen LogP contribution in [0.25, 0.3) is 111 Å². The number of nitrogens with zero attached hydrogens (tertiary/aromatic N) is 4. The molecule has 0 aliphatic heterocycles. The average molecular weight is 765 g/mol. The second kappa shape index (κ2) is 13.8. The van der Waals surface area contributed by atoms with E-state index in [4.69, 9.17) is 10.2 Å². The number of hydrogen-bond donors (Lipinski definition) is 0. The molecule has 0 radical (unpaired) electrons. The van der Waals surface area contributed by atoms with E-state index in [0.717, 1.165) is 44.7 Å². The monoisotopic (exact) mass is 764 g/mol. The van der Waals surface area contributed by atoms with E-state index < -0.39 is 0 Å². The van der Waals surface area contributed by atoms with Crippen molar-refractivity contribution in [2.75, 3.05) is 0 Å². The van der Waals surface area contributed by atoms with Crippen LogP contribution in [0.4, 0.5) is 0 Å². The fourth-order valence-electron chi connectivity index (χ4n) is 9.12. The van der Waals surface area contributed by atoms with Gasteiger partial charge in [0, 0.05) is 32.8 Å². The quantitative estimate of drug-likeness (QED) is 0.158. The van der Waals surface area contributed by atoms with Crippen LogP contribution in [0.2, 0.25) is 0 Å². The first-order valence-corrected chi connectivity index (χ1v) is 20.4. The maximum absolute atomic E-state index is 4.79. The summed E-state index contributed by atoms with van der Waals surface area (Å²) in [6.45, 7) is 0. The number of fused-ring (bicyclic) bond motifs is 9. The standard InChI is InChI=1S/C56H36N4/c1-3-13-37(14-4-1)40-17-11-19-42(33-40)44-27-31-53-50(35-44)51-36-45(43-20-12-18-41(34-43)38-15-5-2-6-16-38)28-32-54(51)59(53)46-29-25-39(26-30-46)55-57-58-56-49-23-8-7-21-47(49)48-22-9-10-24-52(48)60(55)56/h1-36H. The Morgan fingerprint density at radius 1 is 0.267 bits per heavy atom. The van der Waals surface area contributed by atoms with Crippen LogP contribution in [0.3, 0.4) is 0 Å². The van der Waals surface area contributed by atoms with E-state index in [1.54, 1.807) is 0 Å². The van der Waals surface area contributed by atoms with Crippen molar-refractivity contribution in [3.05, 3.63) is 218 Å². The Balaban J connectivity index is 1.02. The van der Waals surface area contributed by atoms with E-state index in [2.05, 4.69) is 227 Å². The summed E-state index contributed by atoms with van der Waals surface area (Å²) >= 11 is 0. The number of pyridine rings is 1. The summed E-state index contributed by atoms with van der Waals surface area (Å²) in [5.74, 6) is 0.825. The molecule has 4 nitrogen and oxygen atoms in total. The van der Waals surface area contributed by atoms with Gasteiger partial charge < -0.3 is 4.57 Å². The van der Waals surface area contributed by atoms with Crippen molar-refractivity contribution in [3.8, 4) is 61.6 Å². The lowest BCUT2D eigenvalue weighted by molar-refractivity contribution is 1.11. The van der Waals surface area contributed by atoms with Gasteiger partial charge in [0.05, 0.1) is 16.6 Å². The number of rotatable bonds is 6. The van der Waals surface area contributed by atoms with Gasteiger partial charge in [0.15, 0.2) is 11.5 Å². The summed E-state index contributed by atoms with van der Waals surface area (Å²) in [5.41, 5.74) is 15.9. The summed E-state index contributed by atoms with van der Waals surface area (Å²) in [4.78, 5) is 0. The Kier molecular flexibility index (Phi) is 7.82. The largest absolute Gasteiger partial charge is 0.309 e. The molecule has 3 heterocycles. The van der Waals surface area contributed by atoms with Crippen molar-refractivity contribution in [2.24, 2.45) is 0 Å². The van der Waals surface area contributed by atoms with E-state index in [1.165, 1.54) is 66.1 Å². The zero-order valence-electron chi connectivity index (χ0n) is 32.6. The molecule has 0 bridgehead atoms. The minimum absolute atomic E-state index is 0.825. The van der Waals surface area contributed by atoms with Gasteiger partial charge in [-0.15, -0.1) is 10.2 Å². The Morgan fingerprint density at radius 3 is 1.30 bits per heavy atom. The molecule has 12 rings (SSSR count). The summed E-state index contributed by atoms with van der Waals surface area (Å²) in [6.07, 6.45) is 0. The lowest BCUT2D eigenvalue weighted by atomic mass is 9.96. The van der Waals surface area contributed by atoms with Crippen LogP contribution >= 0.6 is 0 Å². The maximum atomic E-state index is 4.79. The first-order chi connectivity index (χ1) is 29.7. The van der Waals surface area contributed by atoms with Crippen molar-refractivity contribution in [3.63, 3.8) is 0 Å². The Labute approximate surface area is 346 Å². The number of aromatic nitrogens is 4. The lowest BCUT2D eigenvalue weighted by Crippen LogP contribution is -1.96. The molecule has 0 amide bonds. The molecule has 9 aromatic carbocycles. The number of benzene rings is 9. The summed E-state index contributed by atoms with van der Waals surface area (Å²) in [7, 11) is 0. The molecule has 0 atom stereocenters. The minimum Gasteiger partial charge on any atom is -0.309 e. The van der Waals surface area contributed by atoms with E-state index in [-0.39, 0.29) is 0 Å². The minimum atomic E-state index is 0.825. The van der Waals surface area contributed by atoms with Gasteiger partial charge in [-0.25, -0.2) is 0 Å². The van der Waals surface area contributed by atoms with Crippen molar-refractivity contribution >= 4 is 49.1 Å². The third-order valence-corrected chi connectivity index (χ3v) is 12.0. The molecular weight excluding hydrogens is 729 g/mol. The van der Waals surface area contributed by atoms with Crippen LogP contribution in [0.5, 0.6) is 0 Å². The molecule has 0 fully saturated rings. The normalized spacial score (nSPS) is 11.7. The molecule has 0 unspecified atom stereocenters. The van der Waals surface area contributed by atoms with Crippen LogP contribution in [-0.4, -0.2) is 19.2 Å². The molecule has 0 aliphatic rings. The Hall–Kier alpha value is -8.08. The highest BCUT2D eigenvalue weighted by Gasteiger charge is 2.18. The maximum Gasteiger partial charge on any atom is 0.169 e. The highest BCUT2D eigenvalue weighted by molar-refractivity contribution is 6.13. The highest BCUT2D eigenvalue weighted by atomic mass is 15.2. The third kappa shape index (κ3) is 5.53. The molecule has 0 saturated heterocycles. The Bertz CT molecular complexity index is 3440. The van der Waals surface area contributed by atoms with Crippen LogP contribution in [0.15, 0.2) is 218 Å². The van der Waals surface area contributed by atoms with Crippen molar-refractivity contribution < 1.29 is 0 Å². The van der Waals surface area contributed by atoms with E-state index in [1.807, 2.05) is 0 Å². The van der Waals surface area contributed by atoms with E-state index >= 15 is 0 Å². The van der Waals surface area contributed by atoms with Gasteiger partial charge in [-0.05, 0) is 117 Å². The molecule has 0 aliphatic carbocycles. The van der Waals surface area contributed by atoms with Crippen LogP contribution in [0, 0.1) is 0 Å². The zero-order chi connectivity index (χ0) is 39.6. The van der Waals surface area contributed by atoms with E-state index in [0.29, 0.717) is 0 Å². The molecule has 60 heavy (non-hydrogen) atoms. The summed E-state index contributed by atoms with van der Waals surface area (Å²) in [5, 5.41) is 15.4. The van der Waals surface area contributed by atoms with Crippen molar-refractivity contribution in [1.29, 1.82) is 0 Å². The number of hydrogen-bond acceptors (Lipinski definition) is 2. The van der Waals surface area contributed by atoms with Gasteiger partial charge in [-0.1, -0.05) is 152 Å². The fourth-order valence-corrected chi connectivity index (χ4v) is 9.12.